The number of rotatable bonds is 2. The van der Waals surface area contributed by atoms with Gasteiger partial charge >= 0.3 is 0 Å². The Balaban J connectivity index is 2.17. The second-order valence-corrected chi connectivity index (χ2v) is 4.63. The lowest BCUT2D eigenvalue weighted by atomic mass is 10.1. The average Bonchev–Trinajstić information content (AvgIpc) is 2.29. The fourth-order valence-electron chi connectivity index (χ4n) is 2.09. The predicted octanol–water partition coefficient (Wildman–Crippen LogP) is 2.74. The summed E-state index contributed by atoms with van der Waals surface area (Å²) in [6.07, 6.45) is 3.30. The summed E-state index contributed by atoms with van der Waals surface area (Å²) in [6, 6.07) is 6.06. The van der Waals surface area contributed by atoms with E-state index in [0.717, 1.165) is 24.5 Å². The van der Waals surface area contributed by atoms with E-state index in [9.17, 15) is 0 Å². The van der Waals surface area contributed by atoms with Crippen LogP contribution in [0.1, 0.15) is 12.0 Å². The van der Waals surface area contributed by atoms with Crippen molar-refractivity contribution in [1.82, 2.24) is 0 Å². The van der Waals surface area contributed by atoms with Gasteiger partial charge in [0.1, 0.15) is 0 Å². The molecular weight excluding hydrogens is 220 g/mol. The Morgan fingerprint density at radius 1 is 1.44 bits per heavy atom. The van der Waals surface area contributed by atoms with Crippen molar-refractivity contribution in [2.24, 2.45) is 5.73 Å². The van der Waals surface area contributed by atoms with Crippen molar-refractivity contribution in [3.8, 4) is 0 Å². The summed E-state index contributed by atoms with van der Waals surface area (Å²) < 4.78 is 0. The summed E-state index contributed by atoms with van der Waals surface area (Å²) >= 11 is 5.95. The van der Waals surface area contributed by atoms with Crippen molar-refractivity contribution < 1.29 is 0 Å². The van der Waals surface area contributed by atoms with E-state index in [4.69, 9.17) is 17.3 Å². The molecule has 0 atom stereocenters. The van der Waals surface area contributed by atoms with E-state index >= 15 is 0 Å². The minimum Gasteiger partial charge on any atom is -0.367 e. The quantitative estimate of drug-likeness (QED) is 0.801. The molecular formula is C13H17ClN2. The van der Waals surface area contributed by atoms with E-state index in [-0.39, 0.29) is 0 Å². The minimum atomic E-state index is 0.688. The zero-order valence-electron chi connectivity index (χ0n) is 9.54. The Bertz CT molecular complexity index is 412. The lowest BCUT2D eigenvalue weighted by Gasteiger charge is -2.29. The topological polar surface area (TPSA) is 29.3 Å². The summed E-state index contributed by atoms with van der Waals surface area (Å²) in [6.45, 7) is 4.79. The number of aryl methyl sites for hydroxylation is 1. The van der Waals surface area contributed by atoms with Crippen LogP contribution in [0.5, 0.6) is 0 Å². The van der Waals surface area contributed by atoms with Gasteiger partial charge in [0.25, 0.3) is 0 Å². The maximum atomic E-state index is 5.95. The van der Waals surface area contributed by atoms with Crippen molar-refractivity contribution in [1.29, 1.82) is 0 Å². The summed E-state index contributed by atoms with van der Waals surface area (Å²) in [5.74, 6) is 0. The van der Waals surface area contributed by atoms with Gasteiger partial charge < -0.3 is 10.6 Å². The first-order chi connectivity index (χ1) is 7.70. The number of anilines is 1. The number of hydrogen-bond donors (Lipinski definition) is 1. The molecule has 1 aromatic rings. The third-order valence-corrected chi connectivity index (χ3v) is 3.30. The van der Waals surface area contributed by atoms with E-state index < -0.39 is 0 Å². The molecule has 2 nitrogen and oxygen atoms in total. The molecule has 2 rings (SSSR count). The molecule has 0 amide bonds. The third-order valence-electron chi connectivity index (χ3n) is 3.06. The van der Waals surface area contributed by atoms with Crippen LogP contribution in [0.4, 0.5) is 5.69 Å². The van der Waals surface area contributed by atoms with Crippen LogP contribution in [0.25, 0.3) is 0 Å². The van der Waals surface area contributed by atoms with E-state index in [2.05, 4.69) is 24.0 Å². The zero-order chi connectivity index (χ0) is 11.5. The third kappa shape index (κ3) is 2.39. The number of nitrogens with two attached hydrogens (primary N) is 1. The molecule has 1 aliphatic rings. The Morgan fingerprint density at radius 3 is 2.81 bits per heavy atom. The van der Waals surface area contributed by atoms with Gasteiger partial charge in [0.15, 0.2) is 0 Å². The largest absolute Gasteiger partial charge is 0.367 e. The predicted molar refractivity (Wildman–Crippen MR) is 70.2 cm³/mol. The standard InChI is InChI=1S/C13H17ClN2/c1-10-8-12(14)2-3-13(10)16-6-4-11(9-15)5-7-16/h2-4,8H,5-7,9,15H2,1H3. The number of halogens is 1. The molecule has 0 spiro atoms. The first-order valence-electron chi connectivity index (χ1n) is 5.60. The number of hydrogen-bond acceptors (Lipinski definition) is 2. The number of nitrogens with zero attached hydrogens (tertiary/aromatic N) is 1. The SMILES string of the molecule is Cc1cc(Cl)ccc1N1CC=C(CN)CC1. The maximum absolute atomic E-state index is 5.95. The molecule has 0 saturated heterocycles. The van der Waals surface area contributed by atoms with Gasteiger partial charge in [-0.1, -0.05) is 23.3 Å². The van der Waals surface area contributed by atoms with Crippen LogP contribution in [-0.4, -0.2) is 19.6 Å². The van der Waals surface area contributed by atoms with Crippen molar-refractivity contribution in [2.45, 2.75) is 13.3 Å². The first-order valence-corrected chi connectivity index (χ1v) is 5.97. The van der Waals surface area contributed by atoms with E-state index in [1.807, 2.05) is 12.1 Å². The zero-order valence-corrected chi connectivity index (χ0v) is 10.3. The lowest BCUT2D eigenvalue weighted by molar-refractivity contribution is 0.770. The van der Waals surface area contributed by atoms with Crippen molar-refractivity contribution in [3.63, 3.8) is 0 Å². The fourth-order valence-corrected chi connectivity index (χ4v) is 2.32. The molecule has 16 heavy (non-hydrogen) atoms. The highest BCUT2D eigenvalue weighted by atomic mass is 35.5. The fraction of sp³-hybridized carbons (Fsp3) is 0.385. The summed E-state index contributed by atoms with van der Waals surface area (Å²) in [4.78, 5) is 2.37. The van der Waals surface area contributed by atoms with Crippen LogP contribution in [0.3, 0.4) is 0 Å². The molecule has 0 radical (unpaired) electrons. The Morgan fingerprint density at radius 2 is 2.25 bits per heavy atom. The van der Waals surface area contributed by atoms with Gasteiger partial charge in [-0.05, 0) is 37.1 Å². The molecule has 1 aromatic carbocycles. The molecule has 1 heterocycles. The van der Waals surface area contributed by atoms with Gasteiger partial charge in [0.2, 0.25) is 0 Å². The smallest absolute Gasteiger partial charge is 0.0410 e. The minimum absolute atomic E-state index is 0.688. The Labute approximate surface area is 102 Å². The second-order valence-electron chi connectivity index (χ2n) is 4.19. The second kappa shape index (κ2) is 4.89. The molecule has 0 bridgehead atoms. The molecule has 2 N–H and O–H groups in total. The van der Waals surface area contributed by atoms with Gasteiger partial charge in [-0.2, -0.15) is 0 Å². The molecule has 0 saturated carbocycles. The van der Waals surface area contributed by atoms with Gasteiger partial charge in [0.05, 0.1) is 0 Å². The van der Waals surface area contributed by atoms with E-state index in [1.165, 1.54) is 16.8 Å². The van der Waals surface area contributed by atoms with Crippen LogP contribution >= 0.6 is 11.6 Å². The van der Waals surface area contributed by atoms with Crippen LogP contribution in [0.2, 0.25) is 5.02 Å². The molecule has 0 aromatic heterocycles. The first kappa shape index (κ1) is 11.5. The molecule has 0 aliphatic carbocycles. The molecule has 0 fully saturated rings. The van der Waals surface area contributed by atoms with Gasteiger partial charge in [0, 0.05) is 30.3 Å². The van der Waals surface area contributed by atoms with Crippen molar-refractivity contribution in [2.75, 3.05) is 24.5 Å². The molecule has 3 heteroatoms. The molecule has 86 valence electrons. The molecule has 0 unspecified atom stereocenters. The van der Waals surface area contributed by atoms with Crippen LogP contribution in [0.15, 0.2) is 29.8 Å². The normalized spacial score (nSPS) is 16.2. The van der Waals surface area contributed by atoms with Crippen LogP contribution in [-0.2, 0) is 0 Å². The van der Waals surface area contributed by atoms with Gasteiger partial charge in [-0.3, -0.25) is 0 Å². The highest BCUT2D eigenvalue weighted by Crippen LogP contribution is 2.25. The Hall–Kier alpha value is -0.990. The van der Waals surface area contributed by atoms with Crippen LogP contribution in [0, 0.1) is 6.92 Å². The van der Waals surface area contributed by atoms with Crippen molar-refractivity contribution in [3.05, 3.63) is 40.4 Å². The maximum Gasteiger partial charge on any atom is 0.0410 e. The highest BCUT2D eigenvalue weighted by molar-refractivity contribution is 6.30. The van der Waals surface area contributed by atoms with Crippen LogP contribution < -0.4 is 10.6 Å². The van der Waals surface area contributed by atoms with E-state index in [0.29, 0.717) is 6.54 Å². The average molecular weight is 237 g/mol. The highest BCUT2D eigenvalue weighted by Gasteiger charge is 2.13. The lowest BCUT2D eigenvalue weighted by Crippen LogP contribution is -2.30. The summed E-state index contributed by atoms with van der Waals surface area (Å²) in [5.41, 5.74) is 9.50. The Kier molecular flexibility index (Phi) is 3.52. The summed E-state index contributed by atoms with van der Waals surface area (Å²) in [5, 5.41) is 0.802. The number of benzene rings is 1. The monoisotopic (exact) mass is 236 g/mol. The van der Waals surface area contributed by atoms with Gasteiger partial charge in [-0.25, -0.2) is 0 Å². The van der Waals surface area contributed by atoms with Gasteiger partial charge in [-0.15, -0.1) is 0 Å². The summed E-state index contributed by atoms with van der Waals surface area (Å²) in [7, 11) is 0. The van der Waals surface area contributed by atoms with Crippen molar-refractivity contribution >= 4 is 17.3 Å². The molecule has 1 aliphatic heterocycles. The van der Waals surface area contributed by atoms with E-state index in [1.54, 1.807) is 0 Å².